The summed E-state index contributed by atoms with van der Waals surface area (Å²) in [5, 5.41) is 8.44. The number of benzene rings is 1. The fourth-order valence-corrected chi connectivity index (χ4v) is 0.965. The van der Waals surface area contributed by atoms with E-state index in [1.54, 1.807) is 6.08 Å². The molecule has 14 heavy (non-hydrogen) atoms. The summed E-state index contributed by atoms with van der Waals surface area (Å²) in [6.45, 7) is -0.0390. The van der Waals surface area contributed by atoms with Gasteiger partial charge in [-0.15, -0.1) is 0 Å². The van der Waals surface area contributed by atoms with Crippen molar-refractivity contribution >= 4 is 6.08 Å². The highest BCUT2D eigenvalue weighted by Gasteiger charge is 2.08. The molecule has 0 spiro atoms. The molecule has 0 aliphatic carbocycles. The predicted octanol–water partition coefficient (Wildman–Crippen LogP) is 2.50. The molecule has 0 amide bonds. The van der Waals surface area contributed by atoms with Crippen LogP contribution in [0, 0.1) is 17.5 Å². The standard InChI is InChI=1S/C10H9F3O/c11-8-5-7(3-1-2-4-14)6-9(12)10(8)13/h1,3,5-6,14H,2,4H2. The summed E-state index contributed by atoms with van der Waals surface area (Å²) in [6, 6.07) is 1.79. The van der Waals surface area contributed by atoms with Gasteiger partial charge in [-0.2, -0.15) is 0 Å². The molecule has 1 aromatic rings. The first kappa shape index (κ1) is 10.8. The summed E-state index contributed by atoms with van der Waals surface area (Å²) in [5.41, 5.74) is 0.231. The van der Waals surface area contributed by atoms with E-state index in [2.05, 4.69) is 0 Å². The van der Waals surface area contributed by atoms with Crippen LogP contribution in [0.2, 0.25) is 0 Å². The minimum absolute atomic E-state index is 0.0390. The lowest BCUT2D eigenvalue weighted by molar-refractivity contribution is 0.303. The maximum absolute atomic E-state index is 12.7. The molecule has 1 N–H and O–H groups in total. The molecule has 1 rings (SSSR count). The Hall–Kier alpha value is -1.29. The van der Waals surface area contributed by atoms with Gasteiger partial charge in [0.15, 0.2) is 17.5 Å². The molecule has 4 heteroatoms. The SMILES string of the molecule is OCCC=Cc1cc(F)c(F)c(F)c1. The van der Waals surface area contributed by atoms with Crippen LogP contribution in [0.25, 0.3) is 6.08 Å². The molecule has 0 heterocycles. The molecular weight excluding hydrogens is 193 g/mol. The van der Waals surface area contributed by atoms with Gasteiger partial charge in [-0.25, -0.2) is 13.2 Å². The molecule has 1 nitrogen and oxygen atoms in total. The Balaban J connectivity index is 2.89. The predicted molar refractivity (Wildman–Crippen MR) is 47.1 cm³/mol. The third kappa shape index (κ3) is 2.60. The zero-order valence-corrected chi connectivity index (χ0v) is 7.30. The molecule has 0 saturated carbocycles. The first-order chi connectivity index (χ1) is 6.65. The van der Waals surface area contributed by atoms with E-state index in [9.17, 15) is 13.2 Å². The minimum atomic E-state index is -1.47. The molecule has 0 fully saturated rings. The highest BCUT2D eigenvalue weighted by molar-refractivity contribution is 5.49. The summed E-state index contributed by atoms with van der Waals surface area (Å²) in [5.74, 6) is -3.90. The third-order valence-electron chi connectivity index (χ3n) is 1.61. The minimum Gasteiger partial charge on any atom is -0.396 e. The fraction of sp³-hybridized carbons (Fsp3) is 0.200. The number of hydrogen-bond donors (Lipinski definition) is 1. The van der Waals surface area contributed by atoms with Crippen LogP contribution in [0.5, 0.6) is 0 Å². The smallest absolute Gasteiger partial charge is 0.194 e. The quantitative estimate of drug-likeness (QED) is 0.746. The van der Waals surface area contributed by atoms with Crippen LogP contribution in [0.15, 0.2) is 18.2 Å². The zero-order valence-electron chi connectivity index (χ0n) is 7.30. The van der Waals surface area contributed by atoms with Crippen LogP contribution in [-0.2, 0) is 0 Å². The lowest BCUT2D eigenvalue weighted by atomic mass is 10.2. The van der Waals surface area contributed by atoms with Gasteiger partial charge in [-0.1, -0.05) is 12.2 Å². The van der Waals surface area contributed by atoms with E-state index in [-0.39, 0.29) is 12.2 Å². The average Bonchev–Trinajstić information content (AvgIpc) is 2.14. The number of aliphatic hydroxyl groups is 1. The Bertz CT molecular complexity index is 324. The molecule has 0 unspecified atom stereocenters. The van der Waals surface area contributed by atoms with Crippen molar-refractivity contribution in [1.82, 2.24) is 0 Å². The normalized spacial score (nSPS) is 11.1. The molecule has 0 aromatic heterocycles. The molecule has 0 aliphatic rings. The first-order valence-corrected chi connectivity index (χ1v) is 4.07. The topological polar surface area (TPSA) is 20.2 Å². The highest BCUT2D eigenvalue weighted by Crippen LogP contribution is 2.14. The maximum Gasteiger partial charge on any atom is 0.194 e. The van der Waals surface area contributed by atoms with Crippen LogP contribution in [0.3, 0.4) is 0 Å². The first-order valence-electron chi connectivity index (χ1n) is 4.07. The summed E-state index contributed by atoms with van der Waals surface area (Å²) >= 11 is 0. The van der Waals surface area contributed by atoms with Crippen molar-refractivity contribution in [2.45, 2.75) is 6.42 Å². The van der Waals surface area contributed by atoms with E-state index in [0.29, 0.717) is 6.42 Å². The van der Waals surface area contributed by atoms with Crippen molar-refractivity contribution in [2.75, 3.05) is 6.61 Å². The highest BCUT2D eigenvalue weighted by atomic mass is 19.2. The van der Waals surface area contributed by atoms with Crippen LogP contribution in [-0.4, -0.2) is 11.7 Å². The van der Waals surface area contributed by atoms with Gasteiger partial charge in [0.2, 0.25) is 0 Å². The molecule has 0 aliphatic heterocycles. The average molecular weight is 202 g/mol. The summed E-state index contributed by atoms with van der Waals surface area (Å²) in [7, 11) is 0. The van der Waals surface area contributed by atoms with E-state index >= 15 is 0 Å². The van der Waals surface area contributed by atoms with Gasteiger partial charge in [0, 0.05) is 6.61 Å². The number of hydrogen-bond acceptors (Lipinski definition) is 1. The monoisotopic (exact) mass is 202 g/mol. The van der Waals surface area contributed by atoms with Gasteiger partial charge in [-0.05, 0) is 24.1 Å². The largest absolute Gasteiger partial charge is 0.396 e. The molecule has 1 aromatic carbocycles. The zero-order chi connectivity index (χ0) is 10.6. The van der Waals surface area contributed by atoms with Gasteiger partial charge >= 0.3 is 0 Å². The number of aliphatic hydroxyl groups excluding tert-OH is 1. The van der Waals surface area contributed by atoms with Crippen LogP contribution >= 0.6 is 0 Å². The molecule has 0 atom stereocenters. The van der Waals surface area contributed by atoms with E-state index in [4.69, 9.17) is 5.11 Å². The Kier molecular flexibility index (Phi) is 3.71. The second-order valence-corrected chi connectivity index (χ2v) is 2.71. The van der Waals surface area contributed by atoms with Gasteiger partial charge in [-0.3, -0.25) is 0 Å². The second kappa shape index (κ2) is 4.81. The Morgan fingerprint density at radius 3 is 2.21 bits per heavy atom. The van der Waals surface area contributed by atoms with E-state index < -0.39 is 17.5 Å². The van der Waals surface area contributed by atoms with Crippen LogP contribution < -0.4 is 0 Å². The van der Waals surface area contributed by atoms with E-state index in [1.807, 2.05) is 0 Å². The summed E-state index contributed by atoms with van der Waals surface area (Å²) in [6.07, 6.45) is 3.36. The fourth-order valence-electron chi connectivity index (χ4n) is 0.965. The lowest BCUT2D eigenvalue weighted by Crippen LogP contribution is -1.91. The number of halogens is 3. The van der Waals surface area contributed by atoms with Gasteiger partial charge < -0.3 is 5.11 Å². The van der Waals surface area contributed by atoms with Crippen molar-refractivity contribution in [1.29, 1.82) is 0 Å². The van der Waals surface area contributed by atoms with Gasteiger partial charge in [0.1, 0.15) is 0 Å². The van der Waals surface area contributed by atoms with Gasteiger partial charge in [0.05, 0.1) is 0 Å². The molecular formula is C10H9F3O. The molecule has 0 bridgehead atoms. The number of rotatable bonds is 3. The Labute approximate surface area is 79.5 Å². The van der Waals surface area contributed by atoms with Crippen molar-refractivity contribution in [2.24, 2.45) is 0 Å². The van der Waals surface area contributed by atoms with Crippen molar-refractivity contribution in [3.8, 4) is 0 Å². The molecule has 0 radical (unpaired) electrons. The molecule has 76 valence electrons. The Morgan fingerprint density at radius 1 is 1.14 bits per heavy atom. The van der Waals surface area contributed by atoms with Crippen molar-refractivity contribution < 1.29 is 18.3 Å². The third-order valence-corrected chi connectivity index (χ3v) is 1.61. The second-order valence-electron chi connectivity index (χ2n) is 2.71. The Morgan fingerprint density at radius 2 is 1.71 bits per heavy atom. The van der Waals surface area contributed by atoms with Gasteiger partial charge in [0.25, 0.3) is 0 Å². The maximum atomic E-state index is 12.7. The lowest BCUT2D eigenvalue weighted by Gasteiger charge is -1.97. The summed E-state index contributed by atoms with van der Waals surface area (Å²) in [4.78, 5) is 0. The molecule has 0 saturated heterocycles. The van der Waals surface area contributed by atoms with Crippen molar-refractivity contribution in [3.05, 3.63) is 41.2 Å². The van der Waals surface area contributed by atoms with E-state index in [1.165, 1.54) is 6.08 Å². The van der Waals surface area contributed by atoms with Crippen molar-refractivity contribution in [3.63, 3.8) is 0 Å². The summed E-state index contributed by atoms with van der Waals surface area (Å²) < 4.78 is 37.8. The van der Waals surface area contributed by atoms with Crippen LogP contribution in [0.4, 0.5) is 13.2 Å². The van der Waals surface area contributed by atoms with E-state index in [0.717, 1.165) is 12.1 Å². The van der Waals surface area contributed by atoms with Crippen LogP contribution in [0.1, 0.15) is 12.0 Å².